The van der Waals surface area contributed by atoms with Crippen molar-refractivity contribution in [3.05, 3.63) is 21.9 Å². The first-order chi connectivity index (χ1) is 9.54. The van der Waals surface area contributed by atoms with Gasteiger partial charge in [0.15, 0.2) is 0 Å². The Morgan fingerprint density at radius 2 is 2.10 bits per heavy atom. The zero-order chi connectivity index (χ0) is 14.7. The Bertz CT molecular complexity index is 414. The van der Waals surface area contributed by atoms with Crippen LogP contribution in [0.3, 0.4) is 0 Å². The second-order valence-electron chi connectivity index (χ2n) is 6.06. The van der Waals surface area contributed by atoms with E-state index in [9.17, 15) is 0 Å². The fraction of sp³-hybridized carbons (Fsp3) is 0.750. The van der Waals surface area contributed by atoms with Crippen LogP contribution in [0.4, 0.5) is 0 Å². The molecule has 0 aliphatic heterocycles. The standard InChI is InChI=1S/C16H28N2OS/c1-11-5-8-15(20-11)16(12(2)17)18(9-10-19-4)13(3)14-6-7-14/h5,8,12-14,16H,6-7,9-10,17H2,1-4H3. The van der Waals surface area contributed by atoms with Gasteiger partial charge in [-0.3, -0.25) is 4.90 Å². The maximum Gasteiger partial charge on any atom is 0.0594 e. The minimum Gasteiger partial charge on any atom is -0.383 e. The van der Waals surface area contributed by atoms with Crippen molar-refractivity contribution in [2.24, 2.45) is 11.7 Å². The number of nitrogens with zero attached hydrogens (tertiary/aromatic N) is 1. The first-order valence-corrected chi connectivity index (χ1v) is 8.42. The summed E-state index contributed by atoms with van der Waals surface area (Å²) in [5.41, 5.74) is 6.33. The molecule has 0 spiro atoms. The zero-order valence-electron chi connectivity index (χ0n) is 13.1. The SMILES string of the molecule is COCCN(C(C)C1CC1)C(c1ccc(C)s1)C(C)N. The number of hydrogen-bond donors (Lipinski definition) is 1. The molecule has 1 aliphatic carbocycles. The minimum absolute atomic E-state index is 0.131. The van der Waals surface area contributed by atoms with Crippen LogP contribution in [0.5, 0.6) is 0 Å². The highest BCUT2D eigenvalue weighted by molar-refractivity contribution is 7.12. The molecule has 0 amide bonds. The molecule has 0 aromatic carbocycles. The van der Waals surface area contributed by atoms with Gasteiger partial charge in [0.1, 0.15) is 0 Å². The lowest BCUT2D eigenvalue weighted by molar-refractivity contribution is 0.0733. The highest BCUT2D eigenvalue weighted by atomic mass is 32.1. The van der Waals surface area contributed by atoms with E-state index >= 15 is 0 Å². The Hall–Kier alpha value is -0.420. The van der Waals surface area contributed by atoms with E-state index in [1.165, 1.54) is 22.6 Å². The van der Waals surface area contributed by atoms with Crippen molar-refractivity contribution >= 4 is 11.3 Å². The molecule has 4 heteroatoms. The second-order valence-corrected chi connectivity index (χ2v) is 7.38. The molecule has 0 saturated heterocycles. The van der Waals surface area contributed by atoms with Crippen LogP contribution in [-0.4, -0.2) is 37.2 Å². The van der Waals surface area contributed by atoms with Crippen LogP contribution in [0.25, 0.3) is 0 Å². The Kier molecular flexibility index (Phi) is 5.61. The van der Waals surface area contributed by atoms with Crippen molar-refractivity contribution in [2.45, 2.75) is 51.7 Å². The summed E-state index contributed by atoms with van der Waals surface area (Å²) in [4.78, 5) is 5.31. The van der Waals surface area contributed by atoms with Crippen molar-refractivity contribution in [1.82, 2.24) is 4.90 Å². The van der Waals surface area contributed by atoms with Gasteiger partial charge in [-0.25, -0.2) is 0 Å². The van der Waals surface area contributed by atoms with E-state index < -0.39 is 0 Å². The molecule has 114 valence electrons. The van der Waals surface area contributed by atoms with Crippen LogP contribution in [0.1, 0.15) is 42.5 Å². The molecule has 1 aromatic rings. The van der Waals surface area contributed by atoms with Gasteiger partial charge in [-0.15, -0.1) is 11.3 Å². The number of methoxy groups -OCH3 is 1. The molecule has 2 N–H and O–H groups in total. The highest BCUT2D eigenvalue weighted by Gasteiger charge is 2.37. The summed E-state index contributed by atoms with van der Waals surface area (Å²) < 4.78 is 5.31. The number of nitrogens with two attached hydrogens (primary N) is 1. The van der Waals surface area contributed by atoms with Gasteiger partial charge < -0.3 is 10.5 Å². The summed E-state index contributed by atoms with van der Waals surface area (Å²) in [6, 6.07) is 5.47. The molecule has 1 heterocycles. The number of aryl methyl sites for hydroxylation is 1. The molecule has 2 rings (SSSR count). The Morgan fingerprint density at radius 3 is 2.55 bits per heavy atom. The van der Waals surface area contributed by atoms with Crippen molar-refractivity contribution < 1.29 is 4.74 Å². The molecule has 0 radical (unpaired) electrons. The number of rotatable bonds is 8. The molecule has 20 heavy (non-hydrogen) atoms. The third-order valence-electron chi connectivity index (χ3n) is 4.29. The fourth-order valence-electron chi connectivity index (χ4n) is 2.98. The minimum atomic E-state index is 0.131. The Labute approximate surface area is 127 Å². The zero-order valence-corrected chi connectivity index (χ0v) is 14.0. The van der Waals surface area contributed by atoms with Gasteiger partial charge in [0, 0.05) is 35.5 Å². The maximum atomic E-state index is 6.33. The quantitative estimate of drug-likeness (QED) is 0.800. The van der Waals surface area contributed by atoms with Crippen molar-refractivity contribution in [2.75, 3.05) is 20.3 Å². The van der Waals surface area contributed by atoms with E-state index in [0.29, 0.717) is 12.1 Å². The van der Waals surface area contributed by atoms with Crippen molar-refractivity contribution in [3.8, 4) is 0 Å². The molecule has 1 fully saturated rings. The van der Waals surface area contributed by atoms with E-state index in [0.717, 1.165) is 19.1 Å². The van der Waals surface area contributed by atoms with Gasteiger partial charge in [-0.05, 0) is 51.7 Å². The van der Waals surface area contributed by atoms with E-state index in [1.807, 2.05) is 11.3 Å². The van der Waals surface area contributed by atoms with E-state index in [-0.39, 0.29) is 6.04 Å². The van der Waals surface area contributed by atoms with E-state index in [4.69, 9.17) is 10.5 Å². The molecular weight excluding hydrogens is 268 g/mol. The van der Waals surface area contributed by atoms with Gasteiger partial charge in [-0.1, -0.05) is 0 Å². The van der Waals surface area contributed by atoms with Crippen LogP contribution in [0.15, 0.2) is 12.1 Å². The molecular formula is C16H28N2OS. The lowest BCUT2D eigenvalue weighted by Gasteiger charge is -2.38. The first kappa shape index (κ1) is 16.0. The lowest BCUT2D eigenvalue weighted by Crippen LogP contribution is -2.46. The normalized spacial score (nSPS) is 20.1. The molecule has 3 nitrogen and oxygen atoms in total. The molecule has 1 saturated carbocycles. The Morgan fingerprint density at radius 1 is 1.40 bits per heavy atom. The predicted molar refractivity (Wildman–Crippen MR) is 86.2 cm³/mol. The summed E-state index contributed by atoms with van der Waals surface area (Å²) in [7, 11) is 1.77. The topological polar surface area (TPSA) is 38.5 Å². The second kappa shape index (κ2) is 7.03. The Balaban J connectivity index is 2.20. The third-order valence-corrected chi connectivity index (χ3v) is 5.36. The average Bonchev–Trinajstić information content (AvgIpc) is 3.16. The van der Waals surface area contributed by atoms with Crippen LogP contribution in [-0.2, 0) is 4.74 Å². The van der Waals surface area contributed by atoms with Gasteiger partial charge in [0.05, 0.1) is 12.6 Å². The monoisotopic (exact) mass is 296 g/mol. The summed E-state index contributed by atoms with van der Waals surface area (Å²) in [6.45, 7) is 8.36. The third kappa shape index (κ3) is 3.82. The van der Waals surface area contributed by atoms with Gasteiger partial charge in [0.2, 0.25) is 0 Å². The fourth-order valence-corrected chi connectivity index (χ4v) is 4.09. The van der Waals surface area contributed by atoms with Gasteiger partial charge in [-0.2, -0.15) is 0 Å². The van der Waals surface area contributed by atoms with Crippen molar-refractivity contribution in [3.63, 3.8) is 0 Å². The van der Waals surface area contributed by atoms with Crippen LogP contribution < -0.4 is 5.73 Å². The molecule has 0 bridgehead atoms. The molecule has 3 unspecified atom stereocenters. The van der Waals surface area contributed by atoms with E-state index in [2.05, 4.69) is 37.8 Å². The lowest BCUT2D eigenvalue weighted by atomic mass is 10.0. The summed E-state index contributed by atoms with van der Waals surface area (Å²) in [5.74, 6) is 0.842. The molecule has 1 aromatic heterocycles. The maximum absolute atomic E-state index is 6.33. The van der Waals surface area contributed by atoms with Crippen LogP contribution >= 0.6 is 11.3 Å². The van der Waals surface area contributed by atoms with Gasteiger partial charge in [0.25, 0.3) is 0 Å². The van der Waals surface area contributed by atoms with E-state index in [1.54, 1.807) is 7.11 Å². The largest absolute Gasteiger partial charge is 0.383 e. The number of hydrogen-bond acceptors (Lipinski definition) is 4. The smallest absolute Gasteiger partial charge is 0.0594 e. The average molecular weight is 296 g/mol. The molecule has 3 atom stereocenters. The summed E-state index contributed by atoms with van der Waals surface area (Å²) in [6.07, 6.45) is 2.72. The molecule has 1 aliphatic rings. The first-order valence-electron chi connectivity index (χ1n) is 7.61. The highest BCUT2D eigenvalue weighted by Crippen LogP contribution is 2.39. The summed E-state index contributed by atoms with van der Waals surface area (Å²) in [5, 5.41) is 0. The predicted octanol–water partition coefficient (Wildman–Crippen LogP) is 3.19. The van der Waals surface area contributed by atoms with Crippen LogP contribution in [0.2, 0.25) is 0 Å². The van der Waals surface area contributed by atoms with Crippen molar-refractivity contribution in [1.29, 1.82) is 0 Å². The number of ether oxygens (including phenoxy) is 1. The number of thiophene rings is 1. The summed E-state index contributed by atoms with van der Waals surface area (Å²) >= 11 is 1.87. The van der Waals surface area contributed by atoms with Gasteiger partial charge >= 0.3 is 0 Å². The van der Waals surface area contributed by atoms with Crippen LogP contribution in [0, 0.1) is 12.8 Å².